The van der Waals surface area contributed by atoms with Gasteiger partial charge in [0, 0.05) is 19.1 Å². The average molecular weight is 226 g/mol. The lowest BCUT2D eigenvalue weighted by Gasteiger charge is -2.31. The largest absolute Gasteiger partial charge is 0.326 e. The van der Waals surface area contributed by atoms with Crippen LogP contribution in [0, 0.1) is 11.8 Å². The summed E-state index contributed by atoms with van der Waals surface area (Å²) in [5, 5.41) is 0. The molecule has 1 saturated carbocycles. The van der Waals surface area contributed by atoms with Crippen LogP contribution in [0.2, 0.25) is 0 Å². The summed E-state index contributed by atoms with van der Waals surface area (Å²) >= 11 is 0. The van der Waals surface area contributed by atoms with E-state index in [1.807, 2.05) is 0 Å². The van der Waals surface area contributed by atoms with Gasteiger partial charge in [0.1, 0.15) is 0 Å². The number of hydrogen-bond acceptors (Lipinski definition) is 2. The zero-order chi connectivity index (χ0) is 12.0. The minimum absolute atomic E-state index is 0.398. The fraction of sp³-hybridized carbons (Fsp3) is 1.00. The second kappa shape index (κ2) is 7.29. The number of likely N-dealkylation sites (N-methyl/N-ethyl adjacent to an activating group) is 1. The molecule has 0 radical (unpaired) electrons. The van der Waals surface area contributed by atoms with E-state index in [4.69, 9.17) is 5.73 Å². The van der Waals surface area contributed by atoms with Gasteiger partial charge in [0.05, 0.1) is 0 Å². The van der Waals surface area contributed by atoms with Crippen LogP contribution in [0.4, 0.5) is 0 Å². The summed E-state index contributed by atoms with van der Waals surface area (Å²) in [6.45, 7) is 6.86. The highest BCUT2D eigenvalue weighted by atomic mass is 15.1. The highest BCUT2D eigenvalue weighted by molar-refractivity contribution is 4.78. The van der Waals surface area contributed by atoms with Crippen LogP contribution in [0.15, 0.2) is 0 Å². The van der Waals surface area contributed by atoms with E-state index in [-0.39, 0.29) is 0 Å². The first kappa shape index (κ1) is 14.0. The zero-order valence-electron chi connectivity index (χ0n) is 11.4. The van der Waals surface area contributed by atoms with Crippen molar-refractivity contribution >= 4 is 0 Å². The molecule has 0 saturated heterocycles. The number of rotatable bonds is 6. The van der Waals surface area contributed by atoms with Crippen LogP contribution in [0.3, 0.4) is 0 Å². The van der Waals surface area contributed by atoms with Crippen molar-refractivity contribution in [3.8, 4) is 0 Å². The summed E-state index contributed by atoms with van der Waals surface area (Å²) in [6.07, 6.45) is 8.20. The van der Waals surface area contributed by atoms with Crippen molar-refractivity contribution in [3.63, 3.8) is 0 Å². The summed E-state index contributed by atoms with van der Waals surface area (Å²) in [6, 6.07) is 0.398. The van der Waals surface area contributed by atoms with Crippen molar-refractivity contribution in [2.45, 2.75) is 58.4 Å². The molecule has 0 spiro atoms. The van der Waals surface area contributed by atoms with Crippen molar-refractivity contribution < 1.29 is 0 Å². The fourth-order valence-electron chi connectivity index (χ4n) is 2.81. The van der Waals surface area contributed by atoms with E-state index >= 15 is 0 Å². The molecule has 2 N–H and O–H groups in total. The van der Waals surface area contributed by atoms with Gasteiger partial charge in [-0.25, -0.2) is 0 Å². The van der Waals surface area contributed by atoms with Crippen molar-refractivity contribution in [1.29, 1.82) is 0 Å². The molecule has 2 unspecified atom stereocenters. The van der Waals surface area contributed by atoms with Gasteiger partial charge >= 0.3 is 0 Å². The van der Waals surface area contributed by atoms with Gasteiger partial charge in [-0.2, -0.15) is 0 Å². The topological polar surface area (TPSA) is 29.3 Å². The molecule has 0 aromatic heterocycles. The summed E-state index contributed by atoms with van der Waals surface area (Å²) in [5.74, 6) is 1.58. The van der Waals surface area contributed by atoms with Gasteiger partial charge in [-0.1, -0.05) is 39.5 Å². The summed E-state index contributed by atoms with van der Waals surface area (Å²) in [7, 11) is 2.22. The molecule has 2 atom stereocenters. The Kier molecular flexibility index (Phi) is 6.37. The van der Waals surface area contributed by atoms with Crippen LogP contribution in [0.5, 0.6) is 0 Å². The first-order valence-electron chi connectivity index (χ1n) is 7.07. The smallest absolute Gasteiger partial charge is 0.0196 e. The predicted octanol–water partition coefficient (Wildman–Crippen LogP) is 2.87. The third kappa shape index (κ3) is 4.84. The molecule has 1 aliphatic carbocycles. The SMILES string of the molecule is CCC(C)CN(C)CC(N)C1CCCCC1. The Morgan fingerprint density at radius 2 is 1.81 bits per heavy atom. The summed E-state index contributed by atoms with van der Waals surface area (Å²) in [5.41, 5.74) is 6.32. The minimum atomic E-state index is 0.398. The normalized spacial score (nSPS) is 22.3. The fourth-order valence-corrected chi connectivity index (χ4v) is 2.81. The molecule has 0 aliphatic heterocycles. The van der Waals surface area contributed by atoms with Gasteiger partial charge in [-0.3, -0.25) is 0 Å². The van der Waals surface area contributed by atoms with Gasteiger partial charge in [0.25, 0.3) is 0 Å². The maximum atomic E-state index is 6.32. The van der Waals surface area contributed by atoms with Crippen molar-refractivity contribution in [2.24, 2.45) is 17.6 Å². The summed E-state index contributed by atoms with van der Waals surface area (Å²) < 4.78 is 0. The monoisotopic (exact) mass is 226 g/mol. The Labute approximate surface area is 102 Å². The maximum Gasteiger partial charge on any atom is 0.0196 e. The predicted molar refractivity (Wildman–Crippen MR) is 71.5 cm³/mol. The molecule has 1 aliphatic rings. The molecule has 2 heteroatoms. The van der Waals surface area contributed by atoms with Gasteiger partial charge in [-0.05, 0) is 31.7 Å². The standard InChI is InChI=1S/C14H30N2/c1-4-12(2)10-16(3)11-14(15)13-8-6-5-7-9-13/h12-14H,4-11,15H2,1-3H3. The van der Waals surface area contributed by atoms with Gasteiger partial charge in [0.15, 0.2) is 0 Å². The van der Waals surface area contributed by atoms with E-state index < -0.39 is 0 Å². The molecule has 1 rings (SSSR count). The van der Waals surface area contributed by atoms with Crippen LogP contribution in [0.25, 0.3) is 0 Å². The van der Waals surface area contributed by atoms with E-state index in [1.165, 1.54) is 45.1 Å². The van der Waals surface area contributed by atoms with Crippen LogP contribution >= 0.6 is 0 Å². The minimum Gasteiger partial charge on any atom is -0.326 e. The molecule has 2 nitrogen and oxygen atoms in total. The quantitative estimate of drug-likeness (QED) is 0.754. The second-order valence-corrected chi connectivity index (χ2v) is 5.80. The van der Waals surface area contributed by atoms with Crippen LogP contribution < -0.4 is 5.73 Å². The third-order valence-corrected chi connectivity index (χ3v) is 4.10. The van der Waals surface area contributed by atoms with Crippen LogP contribution in [-0.2, 0) is 0 Å². The molecule has 0 aromatic carbocycles. The molecule has 16 heavy (non-hydrogen) atoms. The Hall–Kier alpha value is -0.0800. The Balaban J connectivity index is 2.23. The maximum absolute atomic E-state index is 6.32. The van der Waals surface area contributed by atoms with Crippen molar-refractivity contribution in [3.05, 3.63) is 0 Å². The Morgan fingerprint density at radius 1 is 1.19 bits per heavy atom. The van der Waals surface area contributed by atoms with Gasteiger partial charge < -0.3 is 10.6 Å². The van der Waals surface area contributed by atoms with Crippen LogP contribution in [0.1, 0.15) is 52.4 Å². The summed E-state index contributed by atoms with van der Waals surface area (Å²) in [4.78, 5) is 2.42. The van der Waals surface area contributed by atoms with E-state index in [9.17, 15) is 0 Å². The van der Waals surface area contributed by atoms with Crippen LogP contribution in [-0.4, -0.2) is 31.1 Å². The average Bonchev–Trinajstić information content (AvgIpc) is 2.29. The van der Waals surface area contributed by atoms with E-state index in [0.717, 1.165) is 18.4 Å². The highest BCUT2D eigenvalue weighted by Gasteiger charge is 2.21. The van der Waals surface area contributed by atoms with Gasteiger partial charge in [-0.15, -0.1) is 0 Å². The Bertz CT molecular complexity index is 176. The Morgan fingerprint density at radius 3 is 2.38 bits per heavy atom. The molecular formula is C14H30N2. The number of nitrogens with zero attached hydrogens (tertiary/aromatic N) is 1. The zero-order valence-corrected chi connectivity index (χ0v) is 11.4. The molecular weight excluding hydrogens is 196 g/mol. The molecule has 1 fully saturated rings. The molecule has 96 valence electrons. The number of nitrogens with two attached hydrogens (primary N) is 1. The molecule has 0 aromatic rings. The molecule has 0 bridgehead atoms. The third-order valence-electron chi connectivity index (χ3n) is 4.10. The second-order valence-electron chi connectivity index (χ2n) is 5.80. The number of hydrogen-bond donors (Lipinski definition) is 1. The van der Waals surface area contributed by atoms with Crippen molar-refractivity contribution in [1.82, 2.24) is 4.90 Å². The van der Waals surface area contributed by atoms with Gasteiger partial charge in [0.2, 0.25) is 0 Å². The van der Waals surface area contributed by atoms with Crippen molar-refractivity contribution in [2.75, 3.05) is 20.1 Å². The molecule has 0 heterocycles. The van der Waals surface area contributed by atoms with E-state index in [0.29, 0.717) is 6.04 Å². The van der Waals surface area contributed by atoms with E-state index in [2.05, 4.69) is 25.8 Å². The van der Waals surface area contributed by atoms with E-state index in [1.54, 1.807) is 0 Å². The lowest BCUT2D eigenvalue weighted by molar-refractivity contribution is 0.214. The lowest BCUT2D eigenvalue weighted by atomic mass is 9.84. The first-order chi connectivity index (χ1) is 7.63. The lowest BCUT2D eigenvalue weighted by Crippen LogP contribution is -2.42. The first-order valence-corrected chi connectivity index (χ1v) is 7.07. The molecule has 0 amide bonds. The highest BCUT2D eigenvalue weighted by Crippen LogP contribution is 2.25.